The number of unbranched alkanes of at least 4 members (excludes halogenated alkanes) is 1. The van der Waals surface area contributed by atoms with Gasteiger partial charge in [-0.15, -0.1) is 0 Å². The molecule has 7 nitrogen and oxygen atoms in total. The normalized spacial score (nSPS) is 13.7. The summed E-state index contributed by atoms with van der Waals surface area (Å²) in [5.41, 5.74) is 7.51. The van der Waals surface area contributed by atoms with Crippen LogP contribution in [0.25, 0.3) is 49.5 Å². The fourth-order valence-electron chi connectivity index (χ4n) is 4.42. The van der Waals surface area contributed by atoms with Crippen molar-refractivity contribution in [3.63, 3.8) is 0 Å². The van der Waals surface area contributed by atoms with Crippen LogP contribution in [0.1, 0.15) is 36.6 Å². The maximum absolute atomic E-state index is 12.3. The summed E-state index contributed by atoms with van der Waals surface area (Å²) in [6.07, 6.45) is 10.2. The molecule has 5 aromatic rings. The topological polar surface area (TPSA) is 99.3 Å². The van der Waals surface area contributed by atoms with Crippen molar-refractivity contribution in [2.45, 2.75) is 33.1 Å². The summed E-state index contributed by atoms with van der Waals surface area (Å²) in [7, 11) is 0. The molecule has 0 fully saturated rings. The van der Waals surface area contributed by atoms with E-state index in [0.29, 0.717) is 12.2 Å². The van der Waals surface area contributed by atoms with Gasteiger partial charge in [0.05, 0.1) is 0 Å². The molecular formula is C29H26IN6OS-. The molecule has 192 valence electrons. The molecule has 1 aromatic carbocycles. The van der Waals surface area contributed by atoms with Crippen LogP contribution in [0, 0.1) is 6.92 Å². The number of nitrogens with zero attached hydrogens (tertiary/aromatic N) is 3. The number of rotatable bonds is 7. The van der Waals surface area contributed by atoms with Crippen LogP contribution >= 0.6 is 11.3 Å². The van der Waals surface area contributed by atoms with Crippen molar-refractivity contribution in [3.05, 3.63) is 79.2 Å². The summed E-state index contributed by atoms with van der Waals surface area (Å²) >= 11 is 1.47. The van der Waals surface area contributed by atoms with E-state index < -0.39 is 0 Å². The van der Waals surface area contributed by atoms with Crippen LogP contribution in [-0.4, -0.2) is 31.1 Å². The van der Waals surface area contributed by atoms with Crippen LogP contribution in [-0.2, 0) is 4.79 Å². The zero-order valence-electron chi connectivity index (χ0n) is 21.0. The predicted octanol–water partition coefficient (Wildman–Crippen LogP) is 3.69. The van der Waals surface area contributed by atoms with Gasteiger partial charge in [0, 0.05) is 4.88 Å². The van der Waals surface area contributed by atoms with E-state index in [2.05, 4.69) is 83.9 Å². The van der Waals surface area contributed by atoms with Gasteiger partial charge in [0.25, 0.3) is 0 Å². The van der Waals surface area contributed by atoms with Crippen LogP contribution < -0.4 is 26.5 Å². The Morgan fingerprint density at radius 1 is 1.16 bits per heavy atom. The third-order valence-corrected chi connectivity index (χ3v) is 9.21. The number of amides is 1. The van der Waals surface area contributed by atoms with Crippen molar-refractivity contribution in [3.8, 4) is 22.0 Å². The number of aromatic amines is 2. The van der Waals surface area contributed by atoms with Crippen LogP contribution in [0.15, 0.2) is 68.7 Å². The predicted molar refractivity (Wildman–Crippen MR) is 150 cm³/mol. The first kappa shape index (κ1) is 24.7. The average Bonchev–Trinajstić information content (AvgIpc) is 3.62. The molecule has 0 saturated heterocycles. The third-order valence-electron chi connectivity index (χ3n) is 6.37. The van der Waals surface area contributed by atoms with Gasteiger partial charge in [-0.2, -0.15) is 0 Å². The fraction of sp³-hybridized carbons (Fsp3) is 0.172. The number of aryl methyl sites for hydroxylation is 1. The average molecular weight is 634 g/mol. The number of carbonyl (C=O) groups is 1. The number of benzene rings is 1. The molecule has 1 aliphatic heterocycles. The molecule has 5 heterocycles. The molecular weight excluding hydrogens is 607 g/mol. The molecule has 0 atom stereocenters. The molecule has 0 spiro atoms. The van der Waals surface area contributed by atoms with Gasteiger partial charge in [-0.05, 0) is 13.0 Å². The van der Waals surface area contributed by atoms with Gasteiger partial charge in [-0.3, -0.25) is 0 Å². The number of fused-ring (bicyclic) bond motifs is 2. The quantitative estimate of drug-likeness (QED) is 0.238. The van der Waals surface area contributed by atoms with Gasteiger partial charge in [-0.25, -0.2) is 0 Å². The van der Waals surface area contributed by atoms with E-state index >= 15 is 0 Å². The van der Waals surface area contributed by atoms with Crippen molar-refractivity contribution in [2.24, 2.45) is 0 Å². The second-order valence-electron chi connectivity index (χ2n) is 9.15. The Kier molecular flexibility index (Phi) is 6.94. The number of carbonyl (C=O) groups excluding carboxylic acids is 1. The number of imidazole rings is 1. The minimum absolute atomic E-state index is 0.0613. The fourth-order valence-corrected chi connectivity index (χ4v) is 7.03. The van der Waals surface area contributed by atoms with Gasteiger partial charge in [-0.1, -0.05) is 0 Å². The molecule has 0 saturated carbocycles. The first-order valence-corrected chi connectivity index (χ1v) is 15.8. The maximum atomic E-state index is 12.3. The van der Waals surface area contributed by atoms with E-state index in [1.807, 2.05) is 18.5 Å². The van der Waals surface area contributed by atoms with Crippen LogP contribution in [0.4, 0.5) is 0 Å². The summed E-state index contributed by atoms with van der Waals surface area (Å²) in [6, 6.07) is 10.5. The zero-order valence-corrected chi connectivity index (χ0v) is 24.0. The number of hydrogen-bond acceptors (Lipinski definition) is 5. The zero-order chi connectivity index (χ0) is 26.1. The molecule has 4 aromatic heterocycles. The first-order chi connectivity index (χ1) is 18.6. The summed E-state index contributed by atoms with van der Waals surface area (Å²) < 4.78 is 4.46. The number of H-pyrrole nitrogens is 2. The Balaban J connectivity index is 1.36. The Hall–Kier alpha value is -3.57. The number of halogens is 1. The van der Waals surface area contributed by atoms with E-state index in [4.69, 9.17) is 4.98 Å². The molecule has 38 heavy (non-hydrogen) atoms. The van der Waals surface area contributed by atoms with Gasteiger partial charge in [0.15, 0.2) is 0 Å². The number of allylic oxidation sites excluding steroid dienone is 3. The second-order valence-corrected chi connectivity index (χ2v) is 12.5. The van der Waals surface area contributed by atoms with Gasteiger partial charge in [0.1, 0.15) is 0 Å². The molecule has 1 aliphatic rings. The van der Waals surface area contributed by atoms with Crippen molar-refractivity contribution in [2.75, 3.05) is 0 Å². The summed E-state index contributed by atoms with van der Waals surface area (Å²) in [6.45, 7) is 4.20. The molecule has 3 N–H and O–H groups in total. The third kappa shape index (κ3) is 4.95. The van der Waals surface area contributed by atoms with E-state index in [1.54, 1.807) is 11.3 Å². The van der Waals surface area contributed by atoms with Crippen LogP contribution in [0.3, 0.4) is 0 Å². The Labute approximate surface area is 234 Å². The van der Waals surface area contributed by atoms with E-state index in [1.165, 1.54) is 4.88 Å². The van der Waals surface area contributed by atoms with E-state index in [0.717, 1.165) is 67.7 Å². The van der Waals surface area contributed by atoms with E-state index in [9.17, 15) is 4.79 Å². The SMILES string of the molecule is CCCCC(=O)NC1=CC(c2ccc3[nH]nc(-c4nc5c(-c6ccc(C)s6)cncc5[nH]4)c3c2)=C[I-]C=C1. The van der Waals surface area contributed by atoms with Crippen LogP contribution in [0.2, 0.25) is 0 Å². The van der Waals surface area contributed by atoms with Crippen molar-refractivity contribution in [1.29, 1.82) is 0 Å². The summed E-state index contributed by atoms with van der Waals surface area (Å²) in [5.74, 6) is 0.764. The van der Waals surface area contributed by atoms with Crippen molar-refractivity contribution >= 4 is 44.8 Å². The molecule has 0 unspecified atom stereocenters. The molecule has 6 rings (SSSR count). The number of thiophene rings is 1. The monoisotopic (exact) mass is 633 g/mol. The van der Waals surface area contributed by atoms with Gasteiger partial charge < -0.3 is 0 Å². The number of pyridine rings is 1. The summed E-state index contributed by atoms with van der Waals surface area (Å²) in [5, 5.41) is 11.8. The standard InChI is InChI=1S/C29H26IN6OS/c1-3-4-5-26(37)32-20-10-11-30-14-19(12-20)18-7-8-23-21(13-18)28(36-35-23)29-33-24-16-31-15-22(27(24)34-29)25-9-6-17(2)38-25/h6-16H,3-5H2,1-2H3,(H,32,37)(H,33,34)(H,35,36)/q-1. The number of aromatic nitrogens is 5. The summed E-state index contributed by atoms with van der Waals surface area (Å²) in [4.78, 5) is 27.6. The van der Waals surface area contributed by atoms with Gasteiger partial charge >= 0.3 is 218 Å². The molecule has 0 radical (unpaired) electrons. The van der Waals surface area contributed by atoms with Gasteiger partial charge in [0.2, 0.25) is 0 Å². The molecule has 9 heteroatoms. The Bertz CT molecular complexity index is 1760. The Morgan fingerprint density at radius 2 is 2.08 bits per heavy atom. The van der Waals surface area contributed by atoms with Crippen LogP contribution in [0.5, 0.6) is 0 Å². The molecule has 0 bridgehead atoms. The number of nitrogens with one attached hydrogen (secondary N) is 3. The first-order valence-electron chi connectivity index (χ1n) is 12.5. The second kappa shape index (κ2) is 10.7. The van der Waals surface area contributed by atoms with Crippen molar-refractivity contribution in [1.82, 2.24) is 30.5 Å². The Morgan fingerprint density at radius 3 is 2.92 bits per heavy atom. The van der Waals surface area contributed by atoms with E-state index in [-0.39, 0.29) is 27.1 Å². The minimum atomic E-state index is -0.261. The van der Waals surface area contributed by atoms with Crippen molar-refractivity contribution < 1.29 is 26.0 Å². The molecule has 1 amide bonds. The number of hydrogen-bond donors (Lipinski definition) is 3. The molecule has 0 aliphatic carbocycles.